The van der Waals surface area contributed by atoms with E-state index in [0.717, 1.165) is 63.9 Å². The van der Waals surface area contributed by atoms with E-state index in [1.807, 2.05) is 85.1 Å². The summed E-state index contributed by atoms with van der Waals surface area (Å²) in [5.74, 6) is 1.86. The Morgan fingerprint density at radius 2 is 1.70 bits per heavy atom. The van der Waals surface area contributed by atoms with Crippen LogP contribution < -0.4 is 9.47 Å². The van der Waals surface area contributed by atoms with E-state index < -0.39 is 10.8 Å². The van der Waals surface area contributed by atoms with Gasteiger partial charge in [0.05, 0.1) is 48.0 Å². The number of aryl methyl sites for hydroxylation is 2. The zero-order chi connectivity index (χ0) is 30.6. The van der Waals surface area contributed by atoms with Gasteiger partial charge in [-0.1, -0.05) is 37.3 Å². The third-order valence-electron chi connectivity index (χ3n) is 7.04. The van der Waals surface area contributed by atoms with E-state index >= 15 is 0 Å². The molecule has 0 N–H and O–H groups in total. The Balaban J connectivity index is 1.36. The first-order valence-electron chi connectivity index (χ1n) is 14.6. The first kappa shape index (κ1) is 31.9. The molecule has 0 aliphatic heterocycles. The molecule has 226 valence electrons. The molecule has 0 bridgehead atoms. The molecule has 43 heavy (non-hydrogen) atoms. The summed E-state index contributed by atoms with van der Waals surface area (Å²) in [7, 11) is 0.422. The van der Waals surface area contributed by atoms with Crippen LogP contribution in [0.15, 0.2) is 84.0 Å². The molecule has 0 saturated carbocycles. The number of methoxy groups -OCH3 is 1. The number of rotatable bonds is 16. The summed E-state index contributed by atoms with van der Waals surface area (Å²) in [4.78, 5) is 17.9. The van der Waals surface area contributed by atoms with Crippen molar-refractivity contribution in [3.8, 4) is 22.6 Å². The third-order valence-corrected chi connectivity index (χ3v) is 8.37. The molecule has 0 saturated heterocycles. The first-order chi connectivity index (χ1) is 20.9. The van der Waals surface area contributed by atoms with E-state index in [1.54, 1.807) is 25.6 Å². The second-order valence-electron chi connectivity index (χ2n) is 10.1. The third kappa shape index (κ3) is 8.99. The quantitative estimate of drug-likeness (QED) is 0.104. The summed E-state index contributed by atoms with van der Waals surface area (Å²) >= 11 is 0. The van der Waals surface area contributed by atoms with Gasteiger partial charge in [0.1, 0.15) is 18.1 Å². The highest BCUT2D eigenvalue weighted by Gasteiger charge is 2.13. The van der Waals surface area contributed by atoms with Crippen LogP contribution in [0.5, 0.6) is 11.5 Å². The van der Waals surface area contributed by atoms with Gasteiger partial charge < -0.3 is 18.8 Å². The van der Waals surface area contributed by atoms with E-state index in [2.05, 4.69) is 11.9 Å². The second-order valence-corrected chi connectivity index (χ2v) is 11.6. The molecule has 0 fully saturated rings. The van der Waals surface area contributed by atoms with Crippen LogP contribution in [-0.2, 0) is 39.0 Å². The number of benzene rings is 3. The molecule has 7 nitrogen and oxygen atoms in total. The minimum Gasteiger partial charge on any atom is -0.496 e. The molecule has 0 amide bonds. The van der Waals surface area contributed by atoms with Gasteiger partial charge in [-0.3, -0.25) is 9.00 Å². The Bertz CT molecular complexity index is 1540. The van der Waals surface area contributed by atoms with Crippen LogP contribution in [0.25, 0.3) is 17.2 Å². The molecular formula is C35H40N2O5S. The minimum absolute atomic E-state index is 0.0341. The topological polar surface area (TPSA) is 79.7 Å². The number of imidazole rings is 1. The monoisotopic (exact) mass is 600 g/mol. The van der Waals surface area contributed by atoms with E-state index in [-0.39, 0.29) is 12.2 Å². The lowest BCUT2D eigenvalue weighted by atomic mass is 10.0. The van der Waals surface area contributed by atoms with Gasteiger partial charge in [0.2, 0.25) is 0 Å². The lowest BCUT2D eigenvalue weighted by molar-refractivity contribution is -0.113. The fourth-order valence-electron chi connectivity index (χ4n) is 4.63. The molecular weight excluding hydrogens is 560 g/mol. The van der Waals surface area contributed by atoms with Crippen molar-refractivity contribution >= 4 is 22.7 Å². The molecule has 0 radical (unpaired) electrons. The number of nitrogens with zero attached hydrogens (tertiary/aromatic N) is 2. The largest absolute Gasteiger partial charge is 0.496 e. The molecule has 0 spiro atoms. The van der Waals surface area contributed by atoms with Crippen LogP contribution in [0.4, 0.5) is 0 Å². The van der Waals surface area contributed by atoms with Gasteiger partial charge in [-0.2, -0.15) is 0 Å². The van der Waals surface area contributed by atoms with Gasteiger partial charge >= 0.3 is 0 Å². The van der Waals surface area contributed by atoms with Gasteiger partial charge in [-0.25, -0.2) is 4.98 Å². The zero-order valence-electron chi connectivity index (χ0n) is 25.4. The Hall–Kier alpha value is -4.01. The predicted octanol–water partition coefficient (Wildman–Crippen LogP) is 6.83. The van der Waals surface area contributed by atoms with Crippen molar-refractivity contribution in [1.82, 2.24) is 9.55 Å². The SMILES string of the molecule is CCCOCCOc1ccc(-c2ccc(OC)c(/C=C/C(=O)Cc3ccc([S@@](=O)Cc4c(C)ncn4CC)cc3)c2)cc1. The van der Waals surface area contributed by atoms with E-state index in [9.17, 15) is 9.00 Å². The number of carbonyl (C=O) groups is 1. The highest BCUT2D eigenvalue weighted by molar-refractivity contribution is 7.84. The van der Waals surface area contributed by atoms with Crippen molar-refractivity contribution in [1.29, 1.82) is 0 Å². The summed E-state index contributed by atoms with van der Waals surface area (Å²) < 4.78 is 31.8. The molecule has 3 aromatic carbocycles. The lowest BCUT2D eigenvalue weighted by Gasteiger charge is -2.10. The van der Waals surface area contributed by atoms with Gasteiger partial charge in [0, 0.05) is 30.0 Å². The molecule has 1 heterocycles. The van der Waals surface area contributed by atoms with E-state index in [0.29, 0.717) is 24.7 Å². The Morgan fingerprint density at radius 3 is 2.40 bits per heavy atom. The number of ether oxygens (including phenoxy) is 3. The van der Waals surface area contributed by atoms with Crippen molar-refractivity contribution in [2.24, 2.45) is 0 Å². The van der Waals surface area contributed by atoms with Crippen LogP contribution in [0, 0.1) is 6.92 Å². The molecule has 8 heteroatoms. The molecule has 4 aromatic rings. The molecule has 0 aliphatic rings. The second kappa shape index (κ2) is 16.0. The smallest absolute Gasteiger partial charge is 0.160 e. The Kier molecular flexibility index (Phi) is 11.9. The van der Waals surface area contributed by atoms with Crippen molar-refractivity contribution in [3.63, 3.8) is 0 Å². The maximum atomic E-state index is 13.0. The van der Waals surface area contributed by atoms with Crippen LogP contribution in [-0.4, -0.2) is 46.5 Å². The van der Waals surface area contributed by atoms with Crippen LogP contribution in [0.2, 0.25) is 0 Å². The van der Waals surface area contributed by atoms with Gasteiger partial charge in [-0.05, 0) is 85.5 Å². The van der Waals surface area contributed by atoms with Crippen LogP contribution >= 0.6 is 0 Å². The molecule has 4 rings (SSSR count). The summed E-state index contributed by atoms with van der Waals surface area (Å²) in [5.41, 5.74) is 5.61. The summed E-state index contributed by atoms with van der Waals surface area (Å²) in [6.07, 6.45) is 6.41. The lowest BCUT2D eigenvalue weighted by Crippen LogP contribution is -2.06. The highest BCUT2D eigenvalue weighted by atomic mass is 32.2. The van der Waals surface area contributed by atoms with E-state index in [4.69, 9.17) is 14.2 Å². The van der Waals surface area contributed by atoms with Crippen molar-refractivity contribution < 1.29 is 23.2 Å². The fourth-order valence-corrected chi connectivity index (χ4v) is 5.86. The number of hydrogen-bond acceptors (Lipinski definition) is 6. The highest BCUT2D eigenvalue weighted by Crippen LogP contribution is 2.29. The minimum atomic E-state index is -1.20. The first-order valence-corrected chi connectivity index (χ1v) is 15.9. The van der Waals surface area contributed by atoms with Crippen molar-refractivity contribution in [2.45, 2.75) is 50.8 Å². The number of hydrogen-bond donors (Lipinski definition) is 0. The standard InChI is InChI=1S/C35H40N2O5S/c1-5-19-41-20-21-42-32-14-10-28(11-15-32)29-12-18-35(40-4)30(23-29)9-13-31(38)22-27-7-16-33(17-8-27)43(39)24-34-26(3)36-25-37(34)6-2/h7-18,23,25H,5-6,19-22,24H2,1-4H3/b13-9+/t43-/m0/s1. The summed E-state index contributed by atoms with van der Waals surface area (Å²) in [6.45, 7) is 8.68. The average molecular weight is 601 g/mol. The number of carbonyl (C=O) groups excluding carboxylic acids is 1. The average Bonchev–Trinajstić information content (AvgIpc) is 3.38. The molecule has 1 aromatic heterocycles. The maximum Gasteiger partial charge on any atom is 0.160 e. The normalized spacial score (nSPS) is 12.0. The van der Waals surface area contributed by atoms with Crippen LogP contribution in [0.3, 0.4) is 0 Å². The molecule has 1 atom stereocenters. The number of aromatic nitrogens is 2. The van der Waals surface area contributed by atoms with Gasteiger partial charge in [0.15, 0.2) is 5.78 Å². The van der Waals surface area contributed by atoms with Gasteiger partial charge in [-0.15, -0.1) is 0 Å². The molecule has 0 unspecified atom stereocenters. The zero-order valence-corrected chi connectivity index (χ0v) is 26.2. The van der Waals surface area contributed by atoms with Crippen LogP contribution in [0.1, 0.15) is 42.8 Å². The molecule has 0 aliphatic carbocycles. The van der Waals surface area contributed by atoms with Crippen molar-refractivity contribution in [2.75, 3.05) is 26.9 Å². The number of allylic oxidation sites excluding steroid dienone is 1. The Labute approximate surface area is 257 Å². The predicted molar refractivity (Wildman–Crippen MR) is 172 cm³/mol. The maximum absolute atomic E-state index is 13.0. The Morgan fingerprint density at radius 1 is 0.953 bits per heavy atom. The van der Waals surface area contributed by atoms with Crippen molar-refractivity contribution in [3.05, 3.63) is 102 Å². The van der Waals surface area contributed by atoms with E-state index in [1.165, 1.54) is 0 Å². The summed E-state index contributed by atoms with van der Waals surface area (Å²) in [5, 5.41) is 0. The fraction of sp³-hybridized carbons (Fsp3) is 0.314. The summed E-state index contributed by atoms with van der Waals surface area (Å²) in [6, 6.07) is 21.2. The number of ketones is 1. The van der Waals surface area contributed by atoms with Gasteiger partial charge in [0.25, 0.3) is 0 Å².